The van der Waals surface area contributed by atoms with Gasteiger partial charge in [-0.3, -0.25) is 0 Å². The van der Waals surface area contributed by atoms with Crippen molar-refractivity contribution in [3.63, 3.8) is 0 Å². The molecule has 0 saturated heterocycles. The summed E-state index contributed by atoms with van der Waals surface area (Å²) in [5.74, 6) is 1.55. The molecule has 5 heteroatoms. The maximum atomic E-state index is 16.4. The van der Waals surface area contributed by atoms with E-state index in [0.717, 1.165) is 29.3 Å². The van der Waals surface area contributed by atoms with E-state index in [-0.39, 0.29) is 18.1 Å². The highest BCUT2D eigenvalue weighted by Gasteiger charge is 2.56. The van der Waals surface area contributed by atoms with Crippen molar-refractivity contribution >= 4 is 17.3 Å². The number of hydrogen-bond acceptors (Lipinski definition) is 4. The Bertz CT molecular complexity index is 794. The van der Waals surface area contributed by atoms with Gasteiger partial charge in [0, 0.05) is 29.9 Å². The lowest BCUT2D eigenvalue weighted by Gasteiger charge is -2.50. The number of para-hydroxylation sites is 1. The van der Waals surface area contributed by atoms with E-state index >= 15 is 4.39 Å². The number of alkyl halides is 1. The first-order chi connectivity index (χ1) is 14.0. The van der Waals surface area contributed by atoms with Crippen LogP contribution in [0.5, 0.6) is 0 Å². The van der Waals surface area contributed by atoms with Crippen molar-refractivity contribution in [3.05, 3.63) is 42.2 Å². The molecule has 2 aromatic rings. The minimum absolute atomic E-state index is 0.0951. The van der Waals surface area contributed by atoms with E-state index in [9.17, 15) is 0 Å². The molecule has 0 amide bonds. The molecule has 0 saturated carbocycles. The van der Waals surface area contributed by atoms with Crippen molar-refractivity contribution in [2.24, 2.45) is 5.92 Å². The number of halogens is 1. The van der Waals surface area contributed by atoms with Crippen LogP contribution >= 0.6 is 0 Å². The number of anilines is 3. The summed E-state index contributed by atoms with van der Waals surface area (Å²) in [6.07, 6.45) is 4.58. The third-order valence-corrected chi connectivity index (χ3v) is 5.75. The highest BCUT2D eigenvalue weighted by molar-refractivity contribution is 5.81. The maximum Gasteiger partial charge on any atom is 0.178 e. The van der Waals surface area contributed by atoms with E-state index in [4.69, 9.17) is 0 Å². The highest BCUT2D eigenvalue weighted by Crippen LogP contribution is 2.57. The molecule has 29 heavy (non-hydrogen) atoms. The largest absolute Gasteiger partial charge is 0.330 e. The average Bonchev–Trinajstić information content (AvgIpc) is 3.12. The third-order valence-electron chi connectivity index (χ3n) is 5.75. The summed E-state index contributed by atoms with van der Waals surface area (Å²) in [6, 6.07) is 8.08. The van der Waals surface area contributed by atoms with E-state index in [2.05, 4.69) is 40.5 Å². The van der Waals surface area contributed by atoms with Gasteiger partial charge in [-0.1, -0.05) is 59.7 Å². The van der Waals surface area contributed by atoms with Crippen LogP contribution in [0.3, 0.4) is 0 Å². The monoisotopic (exact) mass is 400 g/mol. The number of nitrogens with zero attached hydrogens (tertiary/aromatic N) is 4. The Hall–Kier alpha value is -2.17. The van der Waals surface area contributed by atoms with E-state index in [1.165, 1.54) is 0 Å². The fourth-order valence-corrected chi connectivity index (χ4v) is 4.69. The van der Waals surface area contributed by atoms with Crippen LogP contribution in [0, 0.1) is 5.92 Å². The molecule has 3 atom stereocenters. The number of hydrogen-bond donors (Lipinski definition) is 0. The van der Waals surface area contributed by atoms with E-state index in [1.807, 2.05) is 58.9 Å². The first kappa shape index (κ1) is 23.1. The smallest absolute Gasteiger partial charge is 0.178 e. The zero-order chi connectivity index (χ0) is 21.8. The van der Waals surface area contributed by atoms with Crippen LogP contribution in [0.15, 0.2) is 36.7 Å². The molecule has 1 aromatic carbocycles. The second-order valence-corrected chi connectivity index (χ2v) is 7.24. The predicted octanol–water partition coefficient (Wildman–Crippen LogP) is 6.84. The number of fused-ring (bicyclic) bond motifs is 5. The lowest BCUT2D eigenvalue weighted by Crippen LogP contribution is -2.57. The van der Waals surface area contributed by atoms with Crippen LogP contribution in [-0.4, -0.2) is 22.2 Å². The zero-order valence-electron chi connectivity index (χ0n) is 19.3. The number of benzene rings is 1. The quantitative estimate of drug-likeness (QED) is 0.565. The van der Waals surface area contributed by atoms with Gasteiger partial charge in [0.25, 0.3) is 0 Å². The molecular formula is C24H37FN4. The molecule has 0 spiro atoms. The molecule has 4 rings (SSSR count). The van der Waals surface area contributed by atoms with Crippen molar-refractivity contribution in [1.29, 1.82) is 0 Å². The molecule has 2 aliphatic heterocycles. The summed E-state index contributed by atoms with van der Waals surface area (Å²) in [5.41, 5.74) is 0.357. The van der Waals surface area contributed by atoms with Crippen molar-refractivity contribution in [1.82, 2.24) is 9.97 Å². The van der Waals surface area contributed by atoms with Gasteiger partial charge >= 0.3 is 0 Å². The minimum atomic E-state index is -1.35. The summed E-state index contributed by atoms with van der Waals surface area (Å²) in [4.78, 5) is 13.7. The van der Waals surface area contributed by atoms with Crippen molar-refractivity contribution in [2.75, 3.05) is 9.80 Å². The fraction of sp³-hybridized carbons (Fsp3) is 0.583. The van der Waals surface area contributed by atoms with Crippen LogP contribution in [0.4, 0.5) is 21.7 Å². The molecule has 160 valence electrons. The fourth-order valence-electron chi connectivity index (χ4n) is 4.69. The Kier molecular flexibility index (Phi) is 7.61. The molecule has 0 N–H and O–H groups in total. The standard InChI is InChI=1S/C20H25FN4.2C2H6/c1-5-14-19-24(13(3)4)17-18(23-12-11-22-17)25(19)16-10-8-7-9-15(16)20(14,21)6-2;2*1-2/h7-14,19H,5-6H2,1-4H3;2*1-2H3. The average molecular weight is 401 g/mol. The normalized spacial score (nSPS) is 23.9. The van der Waals surface area contributed by atoms with Gasteiger partial charge in [-0.25, -0.2) is 14.4 Å². The second-order valence-electron chi connectivity index (χ2n) is 7.24. The molecule has 0 fully saturated rings. The lowest BCUT2D eigenvalue weighted by atomic mass is 9.73. The van der Waals surface area contributed by atoms with E-state index in [1.54, 1.807) is 12.4 Å². The van der Waals surface area contributed by atoms with Crippen molar-refractivity contribution in [2.45, 2.75) is 86.1 Å². The van der Waals surface area contributed by atoms with Gasteiger partial charge in [-0.05, 0) is 32.8 Å². The molecule has 0 radical (unpaired) electrons. The van der Waals surface area contributed by atoms with Gasteiger partial charge in [0.05, 0.1) is 5.69 Å². The SMILES string of the molecule is CC.CC.CCC1C2N(c3ccccc3C1(F)CC)c1nccnc1N2C(C)C. The first-order valence-electron chi connectivity index (χ1n) is 11.2. The molecule has 1 aromatic heterocycles. The Morgan fingerprint density at radius 1 is 1.00 bits per heavy atom. The highest BCUT2D eigenvalue weighted by atomic mass is 19.1. The van der Waals surface area contributed by atoms with Crippen LogP contribution in [0.2, 0.25) is 0 Å². The zero-order valence-corrected chi connectivity index (χ0v) is 19.3. The minimum Gasteiger partial charge on any atom is -0.330 e. The molecular weight excluding hydrogens is 363 g/mol. The summed E-state index contributed by atoms with van der Waals surface area (Å²) >= 11 is 0. The lowest BCUT2D eigenvalue weighted by molar-refractivity contribution is 0.0450. The summed E-state index contributed by atoms with van der Waals surface area (Å²) in [7, 11) is 0. The van der Waals surface area contributed by atoms with Gasteiger partial charge in [0.2, 0.25) is 0 Å². The van der Waals surface area contributed by atoms with Crippen LogP contribution in [0.1, 0.15) is 73.8 Å². The van der Waals surface area contributed by atoms with Gasteiger partial charge in [-0.2, -0.15) is 0 Å². The van der Waals surface area contributed by atoms with Crippen LogP contribution in [0.25, 0.3) is 0 Å². The van der Waals surface area contributed by atoms with Gasteiger partial charge < -0.3 is 9.80 Å². The van der Waals surface area contributed by atoms with Crippen molar-refractivity contribution in [3.8, 4) is 0 Å². The first-order valence-corrected chi connectivity index (χ1v) is 11.2. The second kappa shape index (κ2) is 9.55. The molecule has 4 nitrogen and oxygen atoms in total. The summed E-state index contributed by atoms with van der Waals surface area (Å²) < 4.78 is 16.4. The Morgan fingerprint density at radius 3 is 2.14 bits per heavy atom. The molecule has 3 unspecified atom stereocenters. The molecule has 2 aliphatic rings. The summed E-state index contributed by atoms with van der Waals surface area (Å²) in [5, 5.41) is 0. The van der Waals surface area contributed by atoms with Crippen molar-refractivity contribution < 1.29 is 4.39 Å². The maximum absolute atomic E-state index is 16.4. The van der Waals surface area contributed by atoms with Gasteiger partial charge in [-0.15, -0.1) is 0 Å². The molecule has 3 heterocycles. The van der Waals surface area contributed by atoms with Crippen LogP contribution in [-0.2, 0) is 5.67 Å². The van der Waals surface area contributed by atoms with E-state index < -0.39 is 5.67 Å². The number of aromatic nitrogens is 2. The Balaban J connectivity index is 0.000000707. The molecule has 0 aliphatic carbocycles. The van der Waals surface area contributed by atoms with E-state index in [0.29, 0.717) is 6.42 Å². The van der Waals surface area contributed by atoms with Gasteiger partial charge in [0.15, 0.2) is 11.6 Å². The predicted molar refractivity (Wildman–Crippen MR) is 122 cm³/mol. The Morgan fingerprint density at radius 2 is 1.59 bits per heavy atom. The Labute approximate surface area is 176 Å². The van der Waals surface area contributed by atoms with Crippen LogP contribution < -0.4 is 9.80 Å². The van der Waals surface area contributed by atoms with Gasteiger partial charge in [0.1, 0.15) is 11.8 Å². The number of rotatable bonds is 3. The summed E-state index contributed by atoms with van der Waals surface area (Å²) in [6.45, 7) is 16.3. The topological polar surface area (TPSA) is 32.3 Å². The molecule has 0 bridgehead atoms. The third kappa shape index (κ3) is 3.49.